The maximum Gasteiger partial charge on any atom is 0.349 e. The Bertz CT molecular complexity index is 1040. The maximum absolute atomic E-state index is 12.5. The van der Waals surface area contributed by atoms with Crippen LogP contribution >= 0.6 is 22.9 Å². The Hall–Kier alpha value is -2.38. The first kappa shape index (κ1) is 18.0. The van der Waals surface area contributed by atoms with Gasteiger partial charge >= 0.3 is 5.97 Å². The summed E-state index contributed by atoms with van der Waals surface area (Å²) < 4.78 is 7.07. The van der Waals surface area contributed by atoms with E-state index in [0.29, 0.717) is 9.90 Å². The Balaban J connectivity index is 1.60. The number of amides is 1. The van der Waals surface area contributed by atoms with Crippen LogP contribution in [0.4, 0.5) is 0 Å². The predicted molar refractivity (Wildman–Crippen MR) is 105 cm³/mol. The Morgan fingerprint density at radius 1 is 1.37 bits per heavy atom. The van der Waals surface area contributed by atoms with Gasteiger partial charge in [0, 0.05) is 11.4 Å². The number of para-hydroxylation sites is 1. The van der Waals surface area contributed by atoms with Gasteiger partial charge in [-0.2, -0.15) is 5.10 Å². The zero-order valence-electron chi connectivity index (χ0n) is 14.9. The molecule has 0 bridgehead atoms. The van der Waals surface area contributed by atoms with Gasteiger partial charge in [0.1, 0.15) is 9.71 Å². The quantitative estimate of drug-likeness (QED) is 0.656. The number of carbonyl (C=O) groups is 2. The van der Waals surface area contributed by atoms with Gasteiger partial charge in [-0.05, 0) is 44.9 Å². The molecular formula is C19H18ClN3O3S. The lowest BCUT2D eigenvalue weighted by atomic mass is 10.3. The van der Waals surface area contributed by atoms with Crippen LogP contribution in [0, 0.1) is 6.92 Å². The van der Waals surface area contributed by atoms with Crippen LogP contribution in [0.25, 0.3) is 15.9 Å². The fraction of sp³-hybridized carbons (Fsp3) is 0.316. The first-order chi connectivity index (χ1) is 12.9. The molecule has 1 aliphatic carbocycles. The third kappa shape index (κ3) is 3.57. The number of aromatic nitrogens is 2. The highest BCUT2D eigenvalue weighted by Crippen LogP contribution is 2.32. The number of esters is 1. The smallest absolute Gasteiger partial charge is 0.349 e. The number of aryl methyl sites for hydroxylation is 1. The number of thiophene rings is 1. The minimum absolute atomic E-state index is 0.229. The molecule has 1 fully saturated rings. The number of hydrogen-bond acceptors (Lipinski definition) is 5. The van der Waals surface area contributed by atoms with Gasteiger partial charge in [-0.15, -0.1) is 11.3 Å². The number of nitrogens with one attached hydrogen (secondary N) is 1. The number of nitrogens with zero attached hydrogens (tertiary/aromatic N) is 2. The summed E-state index contributed by atoms with van der Waals surface area (Å²) >= 11 is 7.57. The molecule has 1 aliphatic rings. The van der Waals surface area contributed by atoms with Crippen molar-refractivity contribution < 1.29 is 14.3 Å². The number of fused-ring (bicyclic) bond motifs is 1. The molecule has 1 N–H and O–H groups in total. The fourth-order valence-corrected chi connectivity index (χ4v) is 4.03. The minimum atomic E-state index is -0.829. The molecule has 1 saturated carbocycles. The van der Waals surface area contributed by atoms with Crippen molar-refractivity contribution in [3.05, 3.63) is 45.9 Å². The summed E-state index contributed by atoms with van der Waals surface area (Å²) in [5.41, 5.74) is 1.54. The van der Waals surface area contributed by atoms with Crippen LogP contribution in [0.5, 0.6) is 0 Å². The van der Waals surface area contributed by atoms with E-state index in [9.17, 15) is 9.59 Å². The second kappa shape index (κ2) is 6.98. The molecule has 1 amide bonds. The first-order valence-electron chi connectivity index (χ1n) is 8.69. The average molecular weight is 404 g/mol. The number of benzene rings is 1. The van der Waals surface area contributed by atoms with Gasteiger partial charge in [0.05, 0.1) is 16.4 Å². The van der Waals surface area contributed by atoms with E-state index >= 15 is 0 Å². The lowest BCUT2D eigenvalue weighted by Crippen LogP contribution is -2.36. The van der Waals surface area contributed by atoms with E-state index < -0.39 is 12.1 Å². The Morgan fingerprint density at radius 3 is 2.81 bits per heavy atom. The Morgan fingerprint density at radius 2 is 2.11 bits per heavy atom. The molecule has 3 aromatic rings. The molecule has 0 saturated heterocycles. The molecule has 1 unspecified atom stereocenters. The van der Waals surface area contributed by atoms with Crippen molar-refractivity contribution in [3.63, 3.8) is 0 Å². The standard InChI is InChI=1S/C19H18ClN3O3S/c1-10-13-9-16(19(25)26-11(2)17(24)21-12-7-8-12)27-18(13)23(22-10)15-6-4-3-5-14(15)20/h3-6,9,11-12H,7-8H2,1-2H3,(H,21,24). The largest absolute Gasteiger partial charge is 0.448 e. The lowest BCUT2D eigenvalue weighted by molar-refractivity contribution is -0.129. The van der Waals surface area contributed by atoms with Crippen LogP contribution in [0.1, 0.15) is 35.1 Å². The highest BCUT2D eigenvalue weighted by Gasteiger charge is 2.28. The van der Waals surface area contributed by atoms with Gasteiger partial charge < -0.3 is 10.1 Å². The summed E-state index contributed by atoms with van der Waals surface area (Å²) in [6, 6.07) is 9.38. The van der Waals surface area contributed by atoms with E-state index in [0.717, 1.165) is 34.4 Å². The molecular weight excluding hydrogens is 386 g/mol. The molecule has 1 atom stereocenters. The third-order valence-electron chi connectivity index (χ3n) is 4.40. The monoisotopic (exact) mass is 403 g/mol. The highest BCUT2D eigenvalue weighted by molar-refractivity contribution is 7.20. The van der Waals surface area contributed by atoms with E-state index in [1.165, 1.54) is 11.3 Å². The molecule has 4 rings (SSSR count). The number of hydrogen-bond donors (Lipinski definition) is 1. The topological polar surface area (TPSA) is 73.2 Å². The second-order valence-electron chi connectivity index (χ2n) is 6.61. The fourth-order valence-electron chi connectivity index (χ4n) is 2.75. The molecule has 2 aromatic heterocycles. The number of halogens is 1. The van der Waals surface area contributed by atoms with Gasteiger partial charge in [0.2, 0.25) is 0 Å². The van der Waals surface area contributed by atoms with Crippen LogP contribution in [-0.2, 0) is 9.53 Å². The van der Waals surface area contributed by atoms with Crippen molar-refractivity contribution in [3.8, 4) is 5.69 Å². The molecule has 8 heteroatoms. The van der Waals surface area contributed by atoms with Crippen molar-refractivity contribution in [1.29, 1.82) is 0 Å². The van der Waals surface area contributed by atoms with Crippen molar-refractivity contribution in [2.75, 3.05) is 0 Å². The summed E-state index contributed by atoms with van der Waals surface area (Å²) in [4.78, 5) is 25.7. The molecule has 0 aliphatic heterocycles. The molecule has 1 aromatic carbocycles. The van der Waals surface area contributed by atoms with Crippen LogP contribution in [-0.4, -0.2) is 33.8 Å². The Kier molecular flexibility index (Phi) is 4.65. The predicted octanol–water partition coefficient (Wildman–Crippen LogP) is 3.87. The van der Waals surface area contributed by atoms with Gasteiger partial charge in [-0.3, -0.25) is 4.79 Å². The first-order valence-corrected chi connectivity index (χ1v) is 9.89. The van der Waals surface area contributed by atoms with Gasteiger partial charge in [0.15, 0.2) is 6.10 Å². The molecule has 140 valence electrons. The number of carbonyl (C=O) groups excluding carboxylic acids is 2. The van der Waals surface area contributed by atoms with E-state index in [1.54, 1.807) is 23.7 Å². The SMILES string of the molecule is Cc1nn(-c2ccccc2Cl)c2sc(C(=O)OC(C)C(=O)NC3CC3)cc12. The van der Waals surface area contributed by atoms with E-state index in [1.807, 2.05) is 25.1 Å². The van der Waals surface area contributed by atoms with E-state index in [2.05, 4.69) is 10.4 Å². The van der Waals surface area contributed by atoms with Crippen molar-refractivity contribution in [2.24, 2.45) is 0 Å². The lowest BCUT2D eigenvalue weighted by Gasteiger charge is -2.12. The number of ether oxygens (including phenoxy) is 1. The summed E-state index contributed by atoms with van der Waals surface area (Å²) in [6.45, 7) is 3.46. The second-order valence-corrected chi connectivity index (χ2v) is 8.05. The van der Waals surface area contributed by atoms with E-state index in [-0.39, 0.29) is 11.9 Å². The van der Waals surface area contributed by atoms with Crippen molar-refractivity contribution in [1.82, 2.24) is 15.1 Å². The van der Waals surface area contributed by atoms with Crippen LogP contribution in [0.2, 0.25) is 5.02 Å². The molecule has 2 heterocycles. The van der Waals surface area contributed by atoms with Crippen molar-refractivity contribution in [2.45, 2.75) is 38.8 Å². The van der Waals surface area contributed by atoms with Gasteiger partial charge in [0.25, 0.3) is 5.91 Å². The average Bonchev–Trinajstić information content (AvgIpc) is 3.25. The maximum atomic E-state index is 12.5. The number of rotatable bonds is 5. The summed E-state index contributed by atoms with van der Waals surface area (Å²) in [5.74, 6) is -0.773. The molecule has 6 nitrogen and oxygen atoms in total. The summed E-state index contributed by atoms with van der Waals surface area (Å²) in [5, 5.41) is 8.81. The minimum Gasteiger partial charge on any atom is -0.448 e. The highest BCUT2D eigenvalue weighted by atomic mass is 35.5. The zero-order chi connectivity index (χ0) is 19.1. The van der Waals surface area contributed by atoms with Crippen LogP contribution < -0.4 is 5.32 Å². The Labute approximate surface area is 165 Å². The zero-order valence-corrected chi connectivity index (χ0v) is 16.4. The van der Waals surface area contributed by atoms with Gasteiger partial charge in [-0.25, -0.2) is 9.48 Å². The molecule has 0 radical (unpaired) electrons. The summed E-state index contributed by atoms with van der Waals surface area (Å²) in [6.07, 6.45) is 1.14. The van der Waals surface area contributed by atoms with Crippen LogP contribution in [0.15, 0.2) is 30.3 Å². The van der Waals surface area contributed by atoms with Crippen molar-refractivity contribution >= 4 is 45.0 Å². The van der Waals surface area contributed by atoms with Gasteiger partial charge in [-0.1, -0.05) is 23.7 Å². The van der Waals surface area contributed by atoms with E-state index in [4.69, 9.17) is 16.3 Å². The molecule has 0 spiro atoms. The molecule has 27 heavy (non-hydrogen) atoms. The van der Waals surface area contributed by atoms with Crippen LogP contribution in [0.3, 0.4) is 0 Å². The normalized spacial score (nSPS) is 14.9. The summed E-state index contributed by atoms with van der Waals surface area (Å²) in [7, 11) is 0. The third-order valence-corrected chi connectivity index (χ3v) is 5.81.